The molecule has 0 radical (unpaired) electrons. The number of nitriles is 1. The largest absolute Gasteiger partial charge is 0.312 e. The van der Waals surface area contributed by atoms with E-state index in [9.17, 15) is 0 Å². The molecule has 1 aromatic rings. The van der Waals surface area contributed by atoms with Gasteiger partial charge in [0, 0.05) is 13.1 Å². The van der Waals surface area contributed by atoms with E-state index in [-0.39, 0.29) is 0 Å². The van der Waals surface area contributed by atoms with Crippen LogP contribution in [0.25, 0.3) is 0 Å². The molecule has 0 spiro atoms. The van der Waals surface area contributed by atoms with Gasteiger partial charge in [-0.1, -0.05) is 26.8 Å². The lowest BCUT2D eigenvalue weighted by molar-refractivity contribution is 0.379. The summed E-state index contributed by atoms with van der Waals surface area (Å²) in [6.07, 6.45) is 0. The predicted octanol–water partition coefficient (Wildman–Crippen LogP) is 3.00. The molecular weight excluding hydrogens is 196 g/mol. The van der Waals surface area contributed by atoms with Gasteiger partial charge in [-0.25, -0.2) is 0 Å². The van der Waals surface area contributed by atoms with Gasteiger partial charge in [0.05, 0.1) is 11.6 Å². The Balaban J connectivity index is 2.59. The fourth-order valence-corrected chi connectivity index (χ4v) is 1.54. The van der Waals surface area contributed by atoms with E-state index >= 15 is 0 Å². The van der Waals surface area contributed by atoms with Crippen LogP contribution in [0, 0.1) is 23.7 Å². The molecule has 86 valence electrons. The highest BCUT2D eigenvalue weighted by Crippen LogP contribution is 2.13. The monoisotopic (exact) mass is 216 g/mol. The average molecular weight is 216 g/mol. The zero-order valence-corrected chi connectivity index (χ0v) is 10.6. The molecule has 0 saturated carbocycles. The van der Waals surface area contributed by atoms with Crippen LogP contribution in [0.4, 0.5) is 0 Å². The van der Waals surface area contributed by atoms with Gasteiger partial charge < -0.3 is 5.32 Å². The highest BCUT2D eigenvalue weighted by atomic mass is 14.9. The topological polar surface area (TPSA) is 35.8 Å². The van der Waals surface area contributed by atoms with E-state index in [1.54, 1.807) is 0 Å². The van der Waals surface area contributed by atoms with Crippen molar-refractivity contribution in [3.05, 3.63) is 34.9 Å². The van der Waals surface area contributed by atoms with Gasteiger partial charge in [0.25, 0.3) is 0 Å². The maximum Gasteiger partial charge on any atom is 0.0991 e. The molecule has 1 rings (SSSR count). The summed E-state index contributed by atoms with van der Waals surface area (Å²) >= 11 is 0. The first-order valence-corrected chi connectivity index (χ1v) is 5.63. The minimum atomic E-state index is 0.306. The van der Waals surface area contributed by atoms with E-state index in [0.29, 0.717) is 5.41 Å². The number of rotatable bonds is 3. The van der Waals surface area contributed by atoms with Crippen molar-refractivity contribution in [2.75, 3.05) is 6.54 Å². The molecule has 0 bridgehead atoms. The third-order valence-electron chi connectivity index (χ3n) is 2.44. The van der Waals surface area contributed by atoms with Crippen LogP contribution in [0.15, 0.2) is 18.2 Å². The Morgan fingerprint density at radius 1 is 1.31 bits per heavy atom. The van der Waals surface area contributed by atoms with Crippen LogP contribution in [0.1, 0.15) is 37.5 Å². The van der Waals surface area contributed by atoms with Crippen molar-refractivity contribution < 1.29 is 0 Å². The maximum atomic E-state index is 8.77. The van der Waals surface area contributed by atoms with E-state index in [0.717, 1.165) is 18.7 Å². The van der Waals surface area contributed by atoms with Gasteiger partial charge in [0.15, 0.2) is 0 Å². The first kappa shape index (κ1) is 12.7. The molecule has 0 unspecified atom stereocenters. The Hall–Kier alpha value is -1.33. The molecule has 0 heterocycles. The molecule has 0 amide bonds. The van der Waals surface area contributed by atoms with Crippen LogP contribution in [0.2, 0.25) is 0 Å². The normalized spacial score (nSPS) is 11.2. The maximum absolute atomic E-state index is 8.77. The number of hydrogen-bond acceptors (Lipinski definition) is 2. The first-order chi connectivity index (χ1) is 7.42. The minimum Gasteiger partial charge on any atom is -0.312 e. The molecule has 0 aliphatic carbocycles. The van der Waals surface area contributed by atoms with Gasteiger partial charge in [-0.15, -0.1) is 0 Å². The van der Waals surface area contributed by atoms with Crippen molar-refractivity contribution >= 4 is 0 Å². The van der Waals surface area contributed by atoms with Gasteiger partial charge in [0.2, 0.25) is 0 Å². The average Bonchev–Trinajstić information content (AvgIpc) is 2.18. The second-order valence-corrected chi connectivity index (χ2v) is 5.42. The van der Waals surface area contributed by atoms with E-state index < -0.39 is 0 Å². The summed E-state index contributed by atoms with van der Waals surface area (Å²) in [6, 6.07) is 8.00. The number of aryl methyl sites for hydroxylation is 1. The van der Waals surface area contributed by atoms with Crippen molar-refractivity contribution in [1.29, 1.82) is 5.26 Å². The lowest BCUT2D eigenvalue weighted by atomic mass is 9.96. The van der Waals surface area contributed by atoms with E-state index in [1.165, 1.54) is 11.1 Å². The number of nitrogens with one attached hydrogen (secondary N) is 1. The fourth-order valence-electron chi connectivity index (χ4n) is 1.54. The van der Waals surface area contributed by atoms with Gasteiger partial charge in [0.1, 0.15) is 0 Å². The van der Waals surface area contributed by atoms with E-state index in [1.807, 2.05) is 18.2 Å². The molecule has 0 fully saturated rings. The zero-order valence-electron chi connectivity index (χ0n) is 10.6. The molecule has 1 aromatic carbocycles. The molecule has 0 saturated heterocycles. The van der Waals surface area contributed by atoms with Crippen molar-refractivity contribution in [2.24, 2.45) is 5.41 Å². The lowest BCUT2D eigenvalue weighted by Crippen LogP contribution is -2.26. The quantitative estimate of drug-likeness (QED) is 0.843. The van der Waals surface area contributed by atoms with E-state index in [4.69, 9.17) is 5.26 Å². The summed E-state index contributed by atoms with van der Waals surface area (Å²) < 4.78 is 0. The summed E-state index contributed by atoms with van der Waals surface area (Å²) in [4.78, 5) is 0. The Morgan fingerprint density at radius 2 is 2.00 bits per heavy atom. The van der Waals surface area contributed by atoms with Crippen LogP contribution in [-0.4, -0.2) is 6.54 Å². The van der Waals surface area contributed by atoms with Crippen molar-refractivity contribution in [1.82, 2.24) is 5.32 Å². The third-order valence-corrected chi connectivity index (χ3v) is 2.44. The summed E-state index contributed by atoms with van der Waals surface area (Å²) in [7, 11) is 0. The Morgan fingerprint density at radius 3 is 2.50 bits per heavy atom. The molecule has 16 heavy (non-hydrogen) atoms. The van der Waals surface area contributed by atoms with Crippen molar-refractivity contribution in [2.45, 2.75) is 34.2 Å². The Kier molecular flexibility index (Phi) is 4.09. The third kappa shape index (κ3) is 4.04. The standard InChI is InChI=1S/C14H20N2/c1-11-7-12(8-15)5-6-13(11)9-16-10-14(2,3)4/h5-7,16H,9-10H2,1-4H3. The Labute approximate surface area is 98.3 Å². The summed E-state index contributed by atoms with van der Waals surface area (Å²) in [5.41, 5.74) is 3.49. The van der Waals surface area contributed by atoms with Crippen LogP contribution in [0.5, 0.6) is 0 Å². The molecule has 2 heteroatoms. The summed E-state index contributed by atoms with van der Waals surface area (Å²) in [5, 5.41) is 12.2. The molecule has 1 N–H and O–H groups in total. The molecule has 2 nitrogen and oxygen atoms in total. The number of nitrogens with zero attached hydrogens (tertiary/aromatic N) is 1. The van der Waals surface area contributed by atoms with Gasteiger partial charge in [-0.2, -0.15) is 5.26 Å². The van der Waals surface area contributed by atoms with Gasteiger partial charge in [-0.3, -0.25) is 0 Å². The second-order valence-electron chi connectivity index (χ2n) is 5.42. The minimum absolute atomic E-state index is 0.306. The summed E-state index contributed by atoms with van der Waals surface area (Å²) in [5.74, 6) is 0. The fraction of sp³-hybridized carbons (Fsp3) is 0.500. The SMILES string of the molecule is Cc1cc(C#N)ccc1CNCC(C)(C)C. The van der Waals surface area contributed by atoms with Crippen molar-refractivity contribution in [3.8, 4) is 6.07 Å². The highest BCUT2D eigenvalue weighted by Gasteiger charge is 2.09. The lowest BCUT2D eigenvalue weighted by Gasteiger charge is -2.19. The van der Waals surface area contributed by atoms with Gasteiger partial charge in [-0.05, 0) is 35.6 Å². The number of hydrogen-bond donors (Lipinski definition) is 1. The Bertz CT molecular complexity index is 394. The van der Waals surface area contributed by atoms with Crippen LogP contribution in [0.3, 0.4) is 0 Å². The highest BCUT2D eigenvalue weighted by molar-refractivity contribution is 5.37. The number of benzene rings is 1. The molecule has 0 atom stereocenters. The van der Waals surface area contributed by atoms with Crippen LogP contribution in [-0.2, 0) is 6.54 Å². The molecule has 0 aliphatic rings. The van der Waals surface area contributed by atoms with Crippen molar-refractivity contribution in [3.63, 3.8) is 0 Å². The van der Waals surface area contributed by atoms with E-state index in [2.05, 4.69) is 39.1 Å². The smallest absolute Gasteiger partial charge is 0.0991 e. The molecule has 0 aliphatic heterocycles. The second kappa shape index (κ2) is 5.14. The van der Waals surface area contributed by atoms with Crippen LogP contribution < -0.4 is 5.32 Å². The van der Waals surface area contributed by atoms with Crippen LogP contribution >= 0.6 is 0 Å². The zero-order chi connectivity index (χ0) is 12.2. The molecular formula is C14H20N2. The first-order valence-electron chi connectivity index (χ1n) is 5.63. The molecule has 0 aromatic heterocycles. The summed E-state index contributed by atoms with van der Waals surface area (Å²) in [6.45, 7) is 10.6. The van der Waals surface area contributed by atoms with Gasteiger partial charge >= 0.3 is 0 Å². The predicted molar refractivity (Wildman–Crippen MR) is 67.1 cm³/mol.